The number of ether oxygens (including phenoxy) is 3. The normalized spacial score (nSPS) is 11.2. The summed E-state index contributed by atoms with van der Waals surface area (Å²) in [6.07, 6.45) is 44.6. The minimum Gasteiger partial charge on any atom is -0.462 e. The molecule has 0 saturated carbocycles. The Kier molecular flexibility index (Phi) is 52.7. The summed E-state index contributed by atoms with van der Waals surface area (Å²) in [6.45, 7) is 17.2. The van der Waals surface area contributed by atoms with Gasteiger partial charge in [-0.15, -0.1) is 0 Å². The number of hydrogen-bond donors (Lipinski definition) is 2. The van der Waals surface area contributed by atoms with E-state index in [0.717, 1.165) is 84.3 Å². The van der Waals surface area contributed by atoms with E-state index in [1.165, 1.54) is 186 Å². The number of aromatic amines is 1. The highest BCUT2D eigenvalue weighted by atomic mass is 16.7. The van der Waals surface area contributed by atoms with Crippen molar-refractivity contribution < 1.29 is 21.9 Å². The molecular weight excluding hydrogens is 785 g/mol. The fourth-order valence-corrected chi connectivity index (χ4v) is 7.85. The molecule has 2 N–H and O–H groups in total. The second kappa shape index (κ2) is 52.7. The van der Waals surface area contributed by atoms with E-state index in [4.69, 9.17) is 14.2 Å². The summed E-state index contributed by atoms with van der Waals surface area (Å²) in [4.78, 5) is 33.9. The van der Waals surface area contributed by atoms with Gasteiger partial charge < -0.3 is 24.4 Å². The van der Waals surface area contributed by atoms with Crippen LogP contribution in [0.2, 0.25) is 0 Å². The molecule has 1 aromatic rings. The summed E-state index contributed by atoms with van der Waals surface area (Å²) < 4.78 is 17.0. The summed E-state index contributed by atoms with van der Waals surface area (Å²) in [5, 5.41) is 3.26. The van der Waals surface area contributed by atoms with Crippen molar-refractivity contribution in [3.63, 3.8) is 0 Å². The quantitative estimate of drug-likeness (QED) is 0.0379. The van der Waals surface area contributed by atoms with Crippen LogP contribution in [0.3, 0.4) is 0 Å². The van der Waals surface area contributed by atoms with E-state index in [9.17, 15) is 9.59 Å². The van der Waals surface area contributed by atoms with Crippen LogP contribution in [0.5, 0.6) is 0 Å². The molecule has 1 aromatic heterocycles. The number of nitrogens with zero attached hydrogens (tertiary/aromatic N) is 2. The Morgan fingerprint density at radius 2 is 1.03 bits per heavy atom. The molecule has 0 amide bonds. The molecule has 9 heteroatoms. The lowest BCUT2D eigenvalue weighted by atomic mass is 10.0. The summed E-state index contributed by atoms with van der Waals surface area (Å²) in [5.41, 5.74) is -0.134. The average Bonchev–Trinajstić information content (AvgIpc) is 3.27. The molecule has 0 aromatic carbocycles. The second-order valence-corrected chi connectivity index (χ2v) is 18.0. The van der Waals surface area contributed by atoms with Crippen molar-refractivity contribution in [1.82, 2.24) is 14.9 Å². The van der Waals surface area contributed by atoms with Gasteiger partial charge in [0.05, 0.1) is 0 Å². The number of H-pyrrole nitrogens is 1. The van der Waals surface area contributed by atoms with Gasteiger partial charge in [0.1, 0.15) is 12.9 Å². The van der Waals surface area contributed by atoms with Crippen molar-refractivity contribution in [3.8, 4) is 0 Å². The number of rotatable bonds is 47. The standard InChI is InChI=1S/C44H84N4O5.C9H20.CH4.2H2/c1-4-7-9-11-16-22-29-41(30-23-17-12-10-8-5-2)53-43(50)31-24-18-15-20-26-36-48(37-28-33-45-44-46-34-32-42(49)47-44)35-25-19-13-14-21-27-39-52-40-51-38-6-3;1-3-5-7-9-8-6-4-2;;;/h32,34,41H,4-31,33,35-40H2,1-3H3,(H2,45,46,47,49);3-9H2,1-2H3;1H4;2*1H. The minimum atomic E-state index is -0.134. The minimum absolute atomic E-state index is 0. The summed E-state index contributed by atoms with van der Waals surface area (Å²) in [5.74, 6) is 0.560. The zero-order valence-corrected chi connectivity index (χ0v) is 41.9. The van der Waals surface area contributed by atoms with Gasteiger partial charge in [0, 0.05) is 41.3 Å². The maximum atomic E-state index is 12.8. The number of carbonyl (C=O) groups excluding carboxylic acids is 1. The largest absolute Gasteiger partial charge is 0.462 e. The molecule has 0 aliphatic carbocycles. The number of hydrogen-bond acceptors (Lipinski definition) is 8. The zero-order chi connectivity index (χ0) is 45.2. The smallest absolute Gasteiger partial charge is 0.306 e. The molecule has 378 valence electrons. The van der Waals surface area contributed by atoms with Gasteiger partial charge in [-0.05, 0) is 83.8 Å². The lowest BCUT2D eigenvalue weighted by Gasteiger charge is -2.22. The SMILES string of the molecule is C.CCCCCCCCC.CCCCCCCCC(CCCCCCCC)OC(=O)CCCCCCCN(CCCCCCCCOCOCCC)CCCNc1nccc(=O)[nH]1.[HH].[HH]. The summed E-state index contributed by atoms with van der Waals surface area (Å²) >= 11 is 0. The van der Waals surface area contributed by atoms with Crippen molar-refractivity contribution in [2.75, 3.05) is 51.5 Å². The van der Waals surface area contributed by atoms with Gasteiger partial charge in [-0.25, -0.2) is 4.98 Å². The van der Waals surface area contributed by atoms with Crippen LogP contribution in [0.1, 0.15) is 270 Å². The molecule has 0 fully saturated rings. The predicted octanol–water partition coefficient (Wildman–Crippen LogP) is 16.3. The van der Waals surface area contributed by atoms with Gasteiger partial charge in [-0.2, -0.15) is 0 Å². The van der Waals surface area contributed by atoms with E-state index in [0.29, 0.717) is 19.2 Å². The van der Waals surface area contributed by atoms with Crippen LogP contribution in [0.15, 0.2) is 17.1 Å². The summed E-state index contributed by atoms with van der Waals surface area (Å²) in [6, 6.07) is 1.43. The first-order valence-corrected chi connectivity index (χ1v) is 26.9. The van der Waals surface area contributed by atoms with E-state index in [1.54, 1.807) is 0 Å². The lowest BCUT2D eigenvalue weighted by molar-refractivity contribution is -0.150. The molecule has 1 rings (SSSR count). The van der Waals surface area contributed by atoms with Crippen molar-refractivity contribution in [2.24, 2.45) is 0 Å². The van der Waals surface area contributed by atoms with E-state index >= 15 is 0 Å². The van der Waals surface area contributed by atoms with Gasteiger partial charge in [0.25, 0.3) is 5.56 Å². The van der Waals surface area contributed by atoms with Crippen molar-refractivity contribution in [3.05, 3.63) is 22.6 Å². The molecule has 0 unspecified atom stereocenters. The molecule has 0 saturated heterocycles. The van der Waals surface area contributed by atoms with E-state index in [2.05, 4.69) is 54.8 Å². The molecule has 9 nitrogen and oxygen atoms in total. The third-order valence-corrected chi connectivity index (χ3v) is 11.8. The molecule has 0 radical (unpaired) electrons. The monoisotopic (exact) mass is 897 g/mol. The van der Waals surface area contributed by atoms with Crippen molar-refractivity contribution >= 4 is 11.9 Å². The lowest BCUT2D eigenvalue weighted by Crippen LogP contribution is -2.28. The molecule has 1 heterocycles. The topological polar surface area (TPSA) is 106 Å². The van der Waals surface area contributed by atoms with Crippen LogP contribution in [0.4, 0.5) is 5.95 Å². The van der Waals surface area contributed by atoms with Crippen LogP contribution < -0.4 is 10.9 Å². The van der Waals surface area contributed by atoms with Crippen LogP contribution >= 0.6 is 0 Å². The first kappa shape index (κ1) is 63.1. The fraction of sp³-hybridized carbons (Fsp3) is 0.907. The second-order valence-electron chi connectivity index (χ2n) is 18.0. The first-order valence-electron chi connectivity index (χ1n) is 26.9. The maximum Gasteiger partial charge on any atom is 0.306 e. The maximum absolute atomic E-state index is 12.8. The fourth-order valence-electron chi connectivity index (χ4n) is 7.85. The molecule has 0 spiro atoms. The number of esters is 1. The Morgan fingerprint density at radius 3 is 1.54 bits per heavy atom. The number of carbonyl (C=O) groups is 1. The molecule has 63 heavy (non-hydrogen) atoms. The van der Waals surface area contributed by atoms with Gasteiger partial charge in [0.2, 0.25) is 5.95 Å². The van der Waals surface area contributed by atoms with Gasteiger partial charge in [-0.3, -0.25) is 14.6 Å². The van der Waals surface area contributed by atoms with Crippen molar-refractivity contribution in [2.45, 2.75) is 273 Å². The Morgan fingerprint density at radius 1 is 0.587 bits per heavy atom. The molecule has 0 bridgehead atoms. The number of unbranched alkanes of at least 4 members (excludes halogenated alkanes) is 25. The molecular formula is C54H112N4O5. The average molecular weight is 898 g/mol. The highest BCUT2D eigenvalue weighted by Crippen LogP contribution is 2.19. The van der Waals surface area contributed by atoms with Gasteiger partial charge >= 0.3 is 5.97 Å². The number of nitrogens with one attached hydrogen (secondary N) is 2. The van der Waals surface area contributed by atoms with Crippen LogP contribution in [-0.4, -0.2) is 73.1 Å². The van der Waals surface area contributed by atoms with Crippen LogP contribution in [0, 0.1) is 0 Å². The van der Waals surface area contributed by atoms with Crippen molar-refractivity contribution in [1.29, 1.82) is 0 Å². The van der Waals surface area contributed by atoms with Gasteiger partial charge in [-0.1, -0.05) is 196 Å². The van der Waals surface area contributed by atoms with E-state index in [1.807, 2.05) is 0 Å². The van der Waals surface area contributed by atoms with Crippen LogP contribution in [0.25, 0.3) is 0 Å². The third kappa shape index (κ3) is 47.8. The Balaban J connectivity index is -0.00000139. The Labute approximate surface area is 394 Å². The highest BCUT2D eigenvalue weighted by molar-refractivity contribution is 5.69. The number of anilines is 1. The number of aromatic nitrogens is 2. The van der Waals surface area contributed by atoms with E-state index in [-0.39, 0.29) is 27.9 Å². The molecule has 0 aliphatic heterocycles. The third-order valence-electron chi connectivity index (χ3n) is 11.8. The summed E-state index contributed by atoms with van der Waals surface area (Å²) in [7, 11) is 0. The molecule has 0 atom stereocenters. The first-order chi connectivity index (χ1) is 30.5. The molecule has 0 aliphatic rings. The van der Waals surface area contributed by atoms with Gasteiger partial charge in [0.15, 0.2) is 0 Å². The Hall–Kier alpha value is -1.97. The van der Waals surface area contributed by atoms with Crippen LogP contribution in [-0.2, 0) is 19.0 Å². The Bertz CT molecular complexity index is 1080. The highest BCUT2D eigenvalue weighted by Gasteiger charge is 2.14. The zero-order valence-electron chi connectivity index (χ0n) is 41.9. The van der Waals surface area contributed by atoms with E-state index < -0.39 is 0 Å². The predicted molar refractivity (Wildman–Crippen MR) is 277 cm³/mol.